The summed E-state index contributed by atoms with van der Waals surface area (Å²) in [7, 11) is 0. The molecule has 43 nitrogen and oxygen atoms in total. The quantitative estimate of drug-likeness (QED) is 0.0685. The molecule has 16 rings (SSSR count). The summed E-state index contributed by atoms with van der Waals surface area (Å²) < 4.78 is 44.9. The Balaban J connectivity index is 0.000000145. The smallest absolute Gasteiger partial charge is 0.200 e. The molecule has 4 aliphatic rings. The van der Waals surface area contributed by atoms with Crippen LogP contribution in [0.15, 0.2) is 164 Å². The Morgan fingerprint density at radius 3 is 0.780 bits per heavy atom. The van der Waals surface area contributed by atoms with Gasteiger partial charge in [0.2, 0.25) is 0 Å². The Hall–Kier alpha value is -13.2. The van der Waals surface area contributed by atoms with Gasteiger partial charge in [0.1, 0.15) is 224 Å². The minimum absolute atomic E-state index is 0.00996. The highest BCUT2D eigenvalue weighted by molar-refractivity contribution is 5.93. The second-order valence-electron chi connectivity index (χ2n) is 29.7. The average molecular weight is 1780 g/mol. The SMILES string of the molecule is O=c1cc(-c2cc(O)c(O)c(O)c2)oc2c([C@@H]3O[C@H](CO)[C@@H](O)[C@H](O)[C@@H]3O)c(O)cc(O)c12.O=c1cc(-c2ccc(O)c(O)c2)oc2c([C@@H]3O[C@H](CO)[C@@H](O)[C@H](O)[C@@H]3O)c(O)cc(O)c12.O=c1cc(-c2ccc(O)cc2)oc2c([C@@H]3O[C@H](CO)[C@@H](O)[C@H](O)[C@@H]3O)c(O)cc(O)c12.O=c1cc(-c2cccc(O)c2)oc2c([C@@H]3O[C@H](CO)[C@@H](O)[C@H](O)[C@@H]3O)c(O)cc(O)c12. The van der Waals surface area contributed by atoms with Crippen molar-refractivity contribution >= 4 is 43.9 Å². The van der Waals surface area contributed by atoms with Crippen LogP contribution in [0, 0.1) is 0 Å². The minimum atomic E-state index is -1.84. The molecule has 20 atom stereocenters. The number of hydrogen-bond donors (Lipinski definition) is 31. The fraction of sp³-hybridized carbons (Fsp3) is 0.286. The van der Waals surface area contributed by atoms with Crippen molar-refractivity contribution in [1.29, 1.82) is 0 Å². The standard InChI is InChI=1S/C21H20O12.C21H20O11.2C21H20O10/c22-5-13-17(29)18(30)19(31)21(33-13)15-8(24)3-7(23)14-9(25)4-12(32-20(14)15)6-1-10(26)16(28)11(27)2-6;22-6-14-17(28)18(29)19(30)21(32-14)16-11(26)4-10(25)15-12(27)5-13(31-20(15)16)7-1-2-8(23)9(24)3-7;22-7-14-17(27)18(28)19(29)21(31-14)16-11(25)5-10(24)15-12(26)6-13(30-20(15)16)8-1-3-9(23)4-2-8;22-7-14-17(27)18(28)19(29)21(31-14)16-11(25)5-10(24)15-12(26)6-13(30-20(15)16)8-2-1-3-9(23)4-8/h1-4,13,17-19,21-24,26-31H,5H2;1-5,14,17-19,21-26,28-30H,6H2;2*1-6,14,17-19,21-25,27-29H,7H2/t13-,17-,18+,19+,21+;3*14-,17-,18+,19+,21+/m1111/s1. The van der Waals surface area contributed by atoms with Gasteiger partial charge in [0.15, 0.2) is 72.8 Å². The van der Waals surface area contributed by atoms with E-state index in [0.717, 1.165) is 72.8 Å². The molecule has 0 saturated carbocycles. The molecule has 4 saturated heterocycles. The number of hydrogen-bond acceptors (Lipinski definition) is 43. The first-order valence-corrected chi connectivity index (χ1v) is 37.8. The minimum Gasteiger partial charge on any atom is -0.508 e. The molecule has 0 aliphatic carbocycles. The van der Waals surface area contributed by atoms with Crippen LogP contribution in [0.1, 0.15) is 46.7 Å². The normalized spacial score (nSPS) is 25.9. The third-order valence-electron chi connectivity index (χ3n) is 21.6. The Morgan fingerprint density at radius 2 is 0.496 bits per heavy atom. The summed E-state index contributed by atoms with van der Waals surface area (Å²) in [4.78, 5) is 51.0. The first kappa shape index (κ1) is 91.5. The van der Waals surface area contributed by atoms with E-state index in [1.807, 2.05) is 0 Å². The van der Waals surface area contributed by atoms with E-state index < -0.39 is 256 Å². The molecular weight excluding hydrogens is 1700 g/mol. The summed E-state index contributed by atoms with van der Waals surface area (Å²) in [6.07, 6.45) is -32.1. The van der Waals surface area contributed by atoms with E-state index in [9.17, 15) is 177 Å². The van der Waals surface area contributed by atoms with Gasteiger partial charge >= 0.3 is 0 Å². The van der Waals surface area contributed by atoms with Gasteiger partial charge in [0.25, 0.3) is 0 Å². The third-order valence-corrected chi connectivity index (χ3v) is 21.6. The van der Waals surface area contributed by atoms with Crippen LogP contribution in [-0.2, 0) is 18.9 Å². The summed E-state index contributed by atoms with van der Waals surface area (Å²) in [6.45, 7) is -2.86. The molecule has 0 radical (unpaired) electrons. The average Bonchev–Trinajstić information content (AvgIpc) is 0.756. The van der Waals surface area contributed by atoms with Gasteiger partial charge in [-0.2, -0.15) is 0 Å². The van der Waals surface area contributed by atoms with E-state index in [0.29, 0.717) is 11.1 Å². The predicted molar refractivity (Wildman–Crippen MR) is 428 cm³/mol. The molecule has 0 bridgehead atoms. The van der Waals surface area contributed by atoms with Crippen LogP contribution in [0.5, 0.6) is 86.2 Å². The van der Waals surface area contributed by atoms with Crippen molar-refractivity contribution in [3.05, 3.63) is 191 Å². The number of benzene rings is 8. The number of phenols is 15. The molecule has 127 heavy (non-hydrogen) atoms. The van der Waals surface area contributed by atoms with Crippen LogP contribution in [0.25, 0.3) is 89.2 Å². The van der Waals surface area contributed by atoms with Gasteiger partial charge in [-0.25, -0.2) is 0 Å². The molecule has 0 unspecified atom stereocenters. The Morgan fingerprint density at radius 1 is 0.228 bits per heavy atom. The zero-order valence-corrected chi connectivity index (χ0v) is 64.8. The van der Waals surface area contributed by atoms with Gasteiger partial charge < -0.3 is 195 Å². The van der Waals surface area contributed by atoms with Crippen LogP contribution >= 0.6 is 0 Å². The Bertz CT molecular complexity index is 6370. The third kappa shape index (κ3) is 17.2. The number of aliphatic hydroxyl groups excluding tert-OH is 16. The molecule has 4 aromatic heterocycles. The van der Waals surface area contributed by atoms with Crippen LogP contribution < -0.4 is 21.7 Å². The summed E-state index contributed by atoms with van der Waals surface area (Å²) in [5, 5.41) is 309. The lowest BCUT2D eigenvalue weighted by Crippen LogP contribution is -2.55. The maximum absolute atomic E-state index is 12.8. The van der Waals surface area contributed by atoms with Crippen molar-refractivity contribution in [1.82, 2.24) is 0 Å². The number of rotatable bonds is 12. The largest absolute Gasteiger partial charge is 0.508 e. The molecule has 4 fully saturated rings. The van der Waals surface area contributed by atoms with Crippen LogP contribution in [0.3, 0.4) is 0 Å². The van der Waals surface area contributed by atoms with Gasteiger partial charge in [-0.3, -0.25) is 19.2 Å². The molecule has 43 heteroatoms. The molecule has 8 aromatic carbocycles. The fourth-order valence-corrected chi connectivity index (χ4v) is 15.0. The molecule has 0 spiro atoms. The molecule has 674 valence electrons. The summed E-state index contributed by atoms with van der Waals surface area (Å²) >= 11 is 0. The predicted octanol–water partition coefficient (Wildman–Crippen LogP) is -0.516. The molecule has 12 aromatic rings. The summed E-state index contributed by atoms with van der Waals surface area (Å²) in [5.41, 5.74) is -4.74. The van der Waals surface area contributed by atoms with E-state index in [1.165, 1.54) is 48.5 Å². The maximum atomic E-state index is 12.8. The van der Waals surface area contributed by atoms with Crippen molar-refractivity contribution in [2.24, 2.45) is 0 Å². The summed E-state index contributed by atoms with van der Waals surface area (Å²) in [6, 6.07) is 24.6. The van der Waals surface area contributed by atoms with Crippen LogP contribution in [0.2, 0.25) is 0 Å². The van der Waals surface area contributed by atoms with E-state index in [2.05, 4.69) is 0 Å². The van der Waals surface area contributed by atoms with E-state index in [4.69, 9.17) is 36.6 Å². The van der Waals surface area contributed by atoms with Gasteiger partial charge in [0, 0.05) is 70.8 Å². The van der Waals surface area contributed by atoms with Gasteiger partial charge in [-0.05, 0) is 66.7 Å². The van der Waals surface area contributed by atoms with Crippen LogP contribution in [-0.4, -0.2) is 282 Å². The lowest BCUT2D eigenvalue weighted by atomic mass is 9.89. The van der Waals surface area contributed by atoms with Gasteiger partial charge in [-0.1, -0.05) is 12.1 Å². The number of fused-ring (bicyclic) bond motifs is 4. The Kier molecular flexibility index (Phi) is 26.2. The highest BCUT2D eigenvalue weighted by atomic mass is 16.6. The van der Waals surface area contributed by atoms with Crippen molar-refractivity contribution < 1.29 is 195 Å². The molecular formula is C84H80O43. The van der Waals surface area contributed by atoms with Crippen molar-refractivity contribution in [3.63, 3.8) is 0 Å². The van der Waals surface area contributed by atoms with Gasteiger partial charge in [-0.15, -0.1) is 0 Å². The van der Waals surface area contributed by atoms with Crippen LogP contribution in [0.4, 0.5) is 0 Å². The monoisotopic (exact) mass is 1780 g/mol. The fourth-order valence-electron chi connectivity index (χ4n) is 15.0. The number of phenolic OH excluding ortho intramolecular Hbond substituents is 15. The second kappa shape index (κ2) is 36.4. The van der Waals surface area contributed by atoms with E-state index in [1.54, 1.807) is 6.07 Å². The van der Waals surface area contributed by atoms with Crippen molar-refractivity contribution in [2.45, 2.75) is 122 Å². The highest BCUT2D eigenvalue weighted by Gasteiger charge is 2.51. The Labute approximate surface area is 706 Å². The first-order chi connectivity index (χ1) is 60.1. The lowest BCUT2D eigenvalue weighted by molar-refractivity contribution is -0.231. The molecule has 31 N–H and O–H groups in total. The zero-order chi connectivity index (χ0) is 92.4. The number of aliphatic hydroxyl groups is 16. The lowest BCUT2D eigenvalue weighted by Gasteiger charge is -2.40. The summed E-state index contributed by atoms with van der Waals surface area (Å²) in [5.74, 6) is -8.61. The number of ether oxygens (including phenoxy) is 4. The molecule has 4 aliphatic heterocycles. The van der Waals surface area contributed by atoms with Crippen molar-refractivity contribution in [3.8, 4) is 132 Å². The second-order valence-corrected chi connectivity index (χ2v) is 29.7. The first-order valence-electron chi connectivity index (χ1n) is 37.8. The molecule has 0 amide bonds. The zero-order valence-electron chi connectivity index (χ0n) is 64.8. The number of aromatic hydroxyl groups is 15. The van der Waals surface area contributed by atoms with E-state index in [-0.39, 0.29) is 101 Å². The topological polar surface area (TPSA) is 785 Å². The van der Waals surface area contributed by atoms with Gasteiger partial charge in [0.05, 0.1) is 48.7 Å². The van der Waals surface area contributed by atoms with Crippen molar-refractivity contribution in [2.75, 3.05) is 26.4 Å². The molecule has 8 heterocycles. The maximum Gasteiger partial charge on any atom is 0.200 e. The highest BCUT2D eigenvalue weighted by Crippen LogP contribution is 2.51. The van der Waals surface area contributed by atoms with E-state index >= 15 is 0 Å².